The molecule has 0 aliphatic carbocycles. The Morgan fingerprint density at radius 2 is 1.85 bits per heavy atom. The largest absolute Gasteiger partial charge is 0.321 e. The van der Waals surface area contributed by atoms with E-state index in [4.69, 9.17) is 23.2 Å². The summed E-state index contributed by atoms with van der Waals surface area (Å²) in [6.07, 6.45) is 1.90. The second kappa shape index (κ2) is 8.19. The molecule has 2 aromatic carbocycles. The molecule has 1 aliphatic rings. The van der Waals surface area contributed by atoms with Gasteiger partial charge in [0.15, 0.2) is 0 Å². The van der Waals surface area contributed by atoms with Gasteiger partial charge in [0.05, 0.1) is 20.6 Å². The molecule has 5 nitrogen and oxygen atoms in total. The standard InChI is InChI=1S/C19H20Cl2N2O3S/c1-13-4-3-11-23(12-13)27(25,26)15-9-7-14(8-10-15)19(24)22-17-6-2-5-16(20)18(17)21/h2,5-10,13H,3-4,11-12H2,1H3,(H,22,24). The zero-order chi connectivity index (χ0) is 19.6. The van der Waals surface area contributed by atoms with Gasteiger partial charge in [0.1, 0.15) is 0 Å². The summed E-state index contributed by atoms with van der Waals surface area (Å²) in [6, 6.07) is 10.9. The van der Waals surface area contributed by atoms with E-state index in [0.29, 0.717) is 35.3 Å². The number of carbonyl (C=O) groups excluding carboxylic acids is 1. The van der Waals surface area contributed by atoms with Crippen LogP contribution in [0.5, 0.6) is 0 Å². The van der Waals surface area contributed by atoms with Crippen LogP contribution in [0.1, 0.15) is 30.1 Å². The van der Waals surface area contributed by atoms with Crippen molar-refractivity contribution >= 4 is 44.8 Å². The molecule has 1 aliphatic heterocycles. The number of sulfonamides is 1. The minimum atomic E-state index is -3.55. The molecule has 27 heavy (non-hydrogen) atoms. The van der Waals surface area contributed by atoms with E-state index in [1.165, 1.54) is 28.6 Å². The lowest BCUT2D eigenvalue weighted by Crippen LogP contribution is -2.39. The molecule has 144 valence electrons. The zero-order valence-electron chi connectivity index (χ0n) is 14.8. The smallest absolute Gasteiger partial charge is 0.255 e. The summed E-state index contributed by atoms with van der Waals surface area (Å²) in [4.78, 5) is 12.6. The number of carbonyl (C=O) groups is 1. The molecule has 0 spiro atoms. The highest BCUT2D eigenvalue weighted by Crippen LogP contribution is 2.30. The Morgan fingerprint density at radius 1 is 1.15 bits per heavy atom. The maximum absolute atomic E-state index is 12.8. The van der Waals surface area contributed by atoms with Crippen LogP contribution in [-0.2, 0) is 10.0 Å². The van der Waals surface area contributed by atoms with Gasteiger partial charge in [0.25, 0.3) is 5.91 Å². The highest BCUT2D eigenvalue weighted by atomic mass is 35.5. The Morgan fingerprint density at radius 3 is 2.52 bits per heavy atom. The van der Waals surface area contributed by atoms with Gasteiger partial charge in [-0.2, -0.15) is 4.31 Å². The van der Waals surface area contributed by atoms with Gasteiger partial charge in [-0.25, -0.2) is 8.42 Å². The Labute approximate surface area is 169 Å². The number of nitrogens with zero attached hydrogens (tertiary/aromatic N) is 1. The van der Waals surface area contributed by atoms with Gasteiger partial charge in [0, 0.05) is 18.7 Å². The average molecular weight is 427 g/mol. The van der Waals surface area contributed by atoms with Crippen LogP contribution in [-0.4, -0.2) is 31.7 Å². The van der Waals surface area contributed by atoms with Gasteiger partial charge in [0.2, 0.25) is 10.0 Å². The topological polar surface area (TPSA) is 66.5 Å². The number of piperidine rings is 1. The molecule has 1 N–H and O–H groups in total. The molecular weight excluding hydrogens is 407 g/mol. The first-order valence-electron chi connectivity index (χ1n) is 8.64. The van der Waals surface area contributed by atoms with E-state index in [2.05, 4.69) is 12.2 Å². The lowest BCUT2D eigenvalue weighted by molar-refractivity contribution is 0.102. The molecule has 2 aromatic rings. The molecule has 0 bridgehead atoms. The molecule has 0 saturated carbocycles. The van der Waals surface area contributed by atoms with Gasteiger partial charge >= 0.3 is 0 Å². The van der Waals surface area contributed by atoms with E-state index in [1.54, 1.807) is 18.2 Å². The van der Waals surface area contributed by atoms with Crippen LogP contribution in [0.2, 0.25) is 10.0 Å². The normalized spacial score (nSPS) is 18.3. The molecule has 1 fully saturated rings. The Kier molecular flexibility index (Phi) is 6.11. The predicted octanol–water partition coefficient (Wildman–Crippen LogP) is 4.67. The summed E-state index contributed by atoms with van der Waals surface area (Å²) >= 11 is 12.0. The van der Waals surface area contributed by atoms with Gasteiger partial charge in [-0.3, -0.25) is 4.79 Å². The van der Waals surface area contributed by atoms with E-state index in [-0.39, 0.29) is 9.92 Å². The number of hydrogen-bond acceptors (Lipinski definition) is 3. The monoisotopic (exact) mass is 426 g/mol. The van der Waals surface area contributed by atoms with Gasteiger partial charge in [-0.15, -0.1) is 0 Å². The zero-order valence-corrected chi connectivity index (χ0v) is 17.1. The summed E-state index contributed by atoms with van der Waals surface area (Å²) in [7, 11) is -3.55. The Hall–Kier alpha value is -1.60. The molecule has 1 heterocycles. The fourth-order valence-electron chi connectivity index (χ4n) is 3.09. The lowest BCUT2D eigenvalue weighted by Gasteiger charge is -2.30. The van der Waals surface area contributed by atoms with Crippen molar-refractivity contribution < 1.29 is 13.2 Å². The van der Waals surface area contributed by atoms with Gasteiger partial charge < -0.3 is 5.32 Å². The van der Waals surface area contributed by atoms with Crippen LogP contribution in [0, 0.1) is 5.92 Å². The van der Waals surface area contributed by atoms with Crippen LogP contribution < -0.4 is 5.32 Å². The molecule has 0 aromatic heterocycles. The number of halogens is 2. The Balaban J connectivity index is 1.76. The van der Waals surface area contributed by atoms with Crippen molar-refractivity contribution in [2.75, 3.05) is 18.4 Å². The highest BCUT2D eigenvalue weighted by molar-refractivity contribution is 7.89. The highest BCUT2D eigenvalue weighted by Gasteiger charge is 2.28. The van der Waals surface area contributed by atoms with E-state index < -0.39 is 15.9 Å². The first-order valence-corrected chi connectivity index (χ1v) is 10.8. The van der Waals surface area contributed by atoms with Crippen molar-refractivity contribution in [1.29, 1.82) is 0 Å². The molecule has 3 rings (SSSR count). The van der Waals surface area contributed by atoms with E-state index in [1.807, 2.05) is 0 Å². The maximum atomic E-state index is 12.8. The summed E-state index contributed by atoms with van der Waals surface area (Å²) in [6.45, 7) is 3.11. The summed E-state index contributed by atoms with van der Waals surface area (Å²) in [5.41, 5.74) is 0.727. The first-order chi connectivity index (χ1) is 12.8. The third-order valence-corrected chi connectivity index (χ3v) is 7.27. The van der Waals surface area contributed by atoms with Gasteiger partial charge in [-0.1, -0.05) is 36.2 Å². The summed E-state index contributed by atoms with van der Waals surface area (Å²) < 4.78 is 27.1. The van der Waals surface area contributed by atoms with Crippen LogP contribution in [0.25, 0.3) is 0 Å². The van der Waals surface area contributed by atoms with Crippen molar-refractivity contribution in [2.45, 2.75) is 24.7 Å². The van der Waals surface area contributed by atoms with E-state index in [9.17, 15) is 13.2 Å². The fourth-order valence-corrected chi connectivity index (χ4v) is 5.03. The van der Waals surface area contributed by atoms with Crippen molar-refractivity contribution in [3.8, 4) is 0 Å². The quantitative estimate of drug-likeness (QED) is 0.772. The van der Waals surface area contributed by atoms with Crippen molar-refractivity contribution in [1.82, 2.24) is 4.31 Å². The van der Waals surface area contributed by atoms with Crippen LogP contribution in [0.15, 0.2) is 47.4 Å². The number of amides is 1. The molecule has 8 heteroatoms. The molecule has 1 atom stereocenters. The molecular formula is C19H20Cl2N2O3S. The number of rotatable bonds is 4. The van der Waals surface area contributed by atoms with Gasteiger partial charge in [-0.05, 0) is 55.2 Å². The SMILES string of the molecule is CC1CCCN(S(=O)(=O)c2ccc(C(=O)Nc3cccc(Cl)c3Cl)cc2)C1. The van der Waals surface area contributed by atoms with E-state index in [0.717, 1.165) is 12.8 Å². The number of anilines is 1. The van der Waals surface area contributed by atoms with Crippen LogP contribution in [0.3, 0.4) is 0 Å². The minimum Gasteiger partial charge on any atom is -0.321 e. The summed E-state index contributed by atoms with van der Waals surface area (Å²) in [5.74, 6) is -0.0456. The van der Waals surface area contributed by atoms with Crippen LogP contribution in [0.4, 0.5) is 5.69 Å². The third-order valence-electron chi connectivity index (χ3n) is 4.57. The van der Waals surface area contributed by atoms with Crippen molar-refractivity contribution in [3.63, 3.8) is 0 Å². The summed E-state index contributed by atoms with van der Waals surface area (Å²) in [5, 5.41) is 3.27. The molecule has 1 unspecified atom stereocenters. The van der Waals surface area contributed by atoms with Crippen molar-refractivity contribution in [3.05, 3.63) is 58.1 Å². The van der Waals surface area contributed by atoms with E-state index >= 15 is 0 Å². The Bertz CT molecular complexity index is 946. The second-order valence-electron chi connectivity index (χ2n) is 6.69. The third kappa shape index (κ3) is 4.46. The molecule has 1 saturated heterocycles. The fraction of sp³-hybridized carbons (Fsp3) is 0.316. The maximum Gasteiger partial charge on any atom is 0.255 e. The predicted molar refractivity (Wildman–Crippen MR) is 108 cm³/mol. The minimum absolute atomic E-state index is 0.189. The average Bonchev–Trinajstić information content (AvgIpc) is 2.65. The van der Waals surface area contributed by atoms with Crippen molar-refractivity contribution in [2.24, 2.45) is 5.92 Å². The lowest BCUT2D eigenvalue weighted by atomic mass is 10.0. The number of nitrogens with one attached hydrogen (secondary N) is 1. The molecule has 1 amide bonds. The number of benzene rings is 2. The molecule has 0 radical (unpaired) electrons. The van der Waals surface area contributed by atoms with Crippen LogP contribution >= 0.6 is 23.2 Å². The number of hydrogen-bond donors (Lipinski definition) is 1. The second-order valence-corrected chi connectivity index (χ2v) is 9.41. The first kappa shape index (κ1) is 20.1.